The summed E-state index contributed by atoms with van der Waals surface area (Å²) >= 11 is 5.66. The van der Waals surface area contributed by atoms with Gasteiger partial charge < -0.3 is 5.32 Å². The molecule has 0 saturated carbocycles. The van der Waals surface area contributed by atoms with E-state index in [0.717, 1.165) is 11.3 Å². The monoisotopic (exact) mass is 223 g/mol. The van der Waals surface area contributed by atoms with Gasteiger partial charge in [-0.15, -0.1) is 0 Å². The molecule has 2 rings (SSSR count). The van der Waals surface area contributed by atoms with Gasteiger partial charge in [0.1, 0.15) is 5.82 Å². The summed E-state index contributed by atoms with van der Waals surface area (Å²) in [6.45, 7) is 2.63. The van der Waals surface area contributed by atoms with Crippen molar-refractivity contribution in [1.82, 2.24) is 20.2 Å². The minimum atomic E-state index is 0.240. The largest absolute Gasteiger partial charge is 0.366 e. The van der Waals surface area contributed by atoms with Crippen LogP contribution in [0.2, 0.25) is 5.28 Å². The van der Waals surface area contributed by atoms with Crippen molar-refractivity contribution in [2.45, 2.75) is 13.5 Å². The van der Waals surface area contributed by atoms with E-state index in [1.807, 2.05) is 6.92 Å². The van der Waals surface area contributed by atoms with E-state index in [0.29, 0.717) is 12.4 Å². The van der Waals surface area contributed by atoms with Crippen molar-refractivity contribution in [3.63, 3.8) is 0 Å². The van der Waals surface area contributed by atoms with Crippen LogP contribution in [0.25, 0.3) is 0 Å². The maximum Gasteiger partial charge on any atom is 0.224 e. The Morgan fingerprint density at radius 1 is 1.53 bits per heavy atom. The lowest BCUT2D eigenvalue weighted by Crippen LogP contribution is -2.02. The first-order valence-electron chi connectivity index (χ1n) is 4.47. The molecule has 0 aromatic carbocycles. The molecule has 5 nitrogen and oxygen atoms in total. The van der Waals surface area contributed by atoms with Gasteiger partial charge in [0.2, 0.25) is 5.28 Å². The topological polar surface area (TPSA) is 66.5 Å². The van der Waals surface area contributed by atoms with E-state index >= 15 is 0 Å². The van der Waals surface area contributed by atoms with Crippen LogP contribution >= 0.6 is 11.6 Å². The molecule has 0 amide bonds. The quantitative estimate of drug-likeness (QED) is 0.779. The number of anilines is 1. The van der Waals surface area contributed by atoms with Crippen LogP contribution in [0.4, 0.5) is 5.82 Å². The highest BCUT2D eigenvalue weighted by Gasteiger charge is 2.00. The first-order valence-corrected chi connectivity index (χ1v) is 4.85. The van der Waals surface area contributed by atoms with E-state index in [4.69, 9.17) is 11.6 Å². The van der Waals surface area contributed by atoms with Gasteiger partial charge in [-0.1, -0.05) is 0 Å². The van der Waals surface area contributed by atoms with Crippen LogP contribution in [0.3, 0.4) is 0 Å². The smallest absolute Gasteiger partial charge is 0.224 e. The second-order valence-corrected chi connectivity index (χ2v) is 3.42. The van der Waals surface area contributed by atoms with E-state index in [1.165, 1.54) is 0 Å². The first kappa shape index (κ1) is 9.92. The highest BCUT2D eigenvalue weighted by atomic mass is 35.5. The minimum Gasteiger partial charge on any atom is -0.366 e. The van der Waals surface area contributed by atoms with Crippen molar-refractivity contribution < 1.29 is 0 Å². The Bertz CT molecular complexity index is 453. The normalized spacial score (nSPS) is 10.3. The number of hydrogen-bond acceptors (Lipinski definition) is 4. The second-order valence-electron chi connectivity index (χ2n) is 3.08. The maximum atomic E-state index is 5.66. The van der Waals surface area contributed by atoms with Crippen LogP contribution in [0, 0.1) is 6.92 Å². The van der Waals surface area contributed by atoms with E-state index in [9.17, 15) is 0 Å². The molecule has 0 aliphatic heterocycles. The maximum absolute atomic E-state index is 5.66. The third kappa shape index (κ3) is 2.44. The molecule has 2 aromatic rings. The van der Waals surface area contributed by atoms with Crippen molar-refractivity contribution in [2.75, 3.05) is 5.32 Å². The predicted molar refractivity (Wildman–Crippen MR) is 57.7 cm³/mol. The van der Waals surface area contributed by atoms with Crippen molar-refractivity contribution in [3.8, 4) is 0 Å². The summed E-state index contributed by atoms with van der Waals surface area (Å²) in [7, 11) is 0. The van der Waals surface area contributed by atoms with E-state index in [2.05, 4.69) is 25.5 Å². The van der Waals surface area contributed by atoms with E-state index in [-0.39, 0.29) is 5.28 Å². The fraction of sp³-hybridized carbons (Fsp3) is 0.222. The van der Waals surface area contributed by atoms with Gasteiger partial charge in [0.05, 0.1) is 6.20 Å². The Kier molecular flexibility index (Phi) is 2.82. The molecule has 0 unspecified atom stereocenters. The van der Waals surface area contributed by atoms with Crippen LogP contribution in [0.5, 0.6) is 0 Å². The average Bonchev–Trinajstić information content (AvgIpc) is 2.61. The van der Waals surface area contributed by atoms with Gasteiger partial charge in [0.25, 0.3) is 0 Å². The molecule has 2 heterocycles. The number of hydrogen-bond donors (Lipinski definition) is 2. The molecule has 15 heavy (non-hydrogen) atoms. The zero-order valence-corrected chi connectivity index (χ0v) is 8.91. The van der Waals surface area contributed by atoms with Gasteiger partial charge >= 0.3 is 0 Å². The van der Waals surface area contributed by atoms with Crippen LogP contribution in [0.15, 0.2) is 18.5 Å². The Hall–Kier alpha value is -1.62. The number of aryl methyl sites for hydroxylation is 1. The Balaban J connectivity index is 2.02. The van der Waals surface area contributed by atoms with Gasteiger partial charge in [-0.25, -0.2) is 9.97 Å². The Labute approximate surface area is 91.9 Å². The molecule has 2 aromatic heterocycles. The van der Waals surface area contributed by atoms with Crippen LogP contribution < -0.4 is 5.32 Å². The predicted octanol–water partition coefficient (Wildman–Crippen LogP) is 1.77. The van der Waals surface area contributed by atoms with Gasteiger partial charge in [0.15, 0.2) is 0 Å². The fourth-order valence-electron chi connectivity index (χ4n) is 1.17. The van der Waals surface area contributed by atoms with Crippen LogP contribution in [-0.2, 0) is 6.54 Å². The zero-order chi connectivity index (χ0) is 10.7. The molecule has 78 valence electrons. The van der Waals surface area contributed by atoms with Crippen molar-refractivity contribution in [3.05, 3.63) is 35.0 Å². The van der Waals surface area contributed by atoms with Crippen molar-refractivity contribution >= 4 is 17.4 Å². The average molecular weight is 224 g/mol. The molecule has 6 heteroatoms. The van der Waals surface area contributed by atoms with Gasteiger partial charge in [-0.2, -0.15) is 5.10 Å². The van der Waals surface area contributed by atoms with Crippen molar-refractivity contribution in [1.29, 1.82) is 0 Å². The number of aromatic amines is 1. The van der Waals surface area contributed by atoms with Gasteiger partial charge in [-0.3, -0.25) is 5.10 Å². The molecule has 0 aliphatic rings. The van der Waals surface area contributed by atoms with Crippen molar-refractivity contribution in [2.24, 2.45) is 0 Å². The number of H-pyrrole nitrogens is 1. The lowest BCUT2D eigenvalue weighted by Gasteiger charge is -2.03. The summed E-state index contributed by atoms with van der Waals surface area (Å²) < 4.78 is 0. The standard InChI is InChI=1S/C9H10ClN5/c1-6-7(5-13-15-6)4-12-8-2-3-11-9(10)14-8/h2-3,5H,4H2,1H3,(H,13,15)(H,11,12,14). The number of nitrogens with zero attached hydrogens (tertiary/aromatic N) is 3. The first-order chi connectivity index (χ1) is 7.25. The summed E-state index contributed by atoms with van der Waals surface area (Å²) in [5.41, 5.74) is 2.15. The summed E-state index contributed by atoms with van der Waals surface area (Å²) in [4.78, 5) is 7.81. The molecule has 0 bridgehead atoms. The van der Waals surface area contributed by atoms with Gasteiger partial charge in [-0.05, 0) is 24.6 Å². The Morgan fingerprint density at radius 2 is 2.40 bits per heavy atom. The van der Waals surface area contributed by atoms with Crippen LogP contribution in [-0.4, -0.2) is 20.2 Å². The molecule has 2 N–H and O–H groups in total. The number of halogens is 1. The molecule has 0 aliphatic carbocycles. The highest BCUT2D eigenvalue weighted by Crippen LogP contribution is 2.09. The SMILES string of the molecule is Cc1[nH]ncc1CNc1ccnc(Cl)n1. The Morgan fingerprint density at radius 3 is 3.07 bits per heavy atom. The summed E-state index contributed by atoms with van der Waals surface area (Å²) in [5.74, 6) is 0.704. The minimum absolute atomic E-state index is 0.240. The number of rotatable bonds is 3. The molecule has 0 radical (unpaired) electrons. The summed E-state index contributed by atoms with van der Waals surface area (Å²) in [5, 5.41) is 10.2. The molecule has 0 fully saturated rings. The molecule has 0 spiro atoms. The second kappa shape index (κ2) is 4.27. The third-order valence-electron chi connectivity index (χ3n) is 2.02. The zero-order valence-electron chi connectivity index (χ0n) is 8.16. The number of nitrogens with one attached hydrogen (secondary N) is 2. The van der Waals surface area contributed by atoms with Gasteiger partial charge in [0, 0.05) is 24.0 Å². The fourth-order valence-corrected chi connectivity index (χ4v) is 1.32. The molecule has 0 saturated heterocycles. The molecular weight excluding hydrogens is 214 g/mol. The van der Waals surface area contributed by atoms with Crippen LogP contribution in [0.1, 0.15) is 11.3 Å². The lowest BCUT2D eigenvalue weighted by atomic mass is 10.2. The lowest BCUT2D eigenvalue weighted by molar-refractivity contribution is 1.03. The third-order valence-corrected chi connectivity index (χ3v) is 2.20. The van der Waals surface area contributed by atoms with E-state index < -0.39 is 0 Å². The summed E-state index contributed by atoms with van der Waals surface area (Å²) in [6.07, 6.45) is 3.39. The van der Waals surface area contributed by atoms with E-state index in [1.54, 1.807) is 18.5 Å². The molecular formula is C9H10ClN5. The highest BCUT2D eigenvalue weighted by molar-refractivity contribution is 6.28. The number of aromatic nitrogens is 4. The summed E-state index contributed by atoms with van der Waals surface area (Å²) in [6, 6.07) is 1.77. The molecule has 0 atom stereocenters.